The van der Waals surface area contributed by atoms with E-state index in [2.05, 4.69) is 15.5 Å². The first kappa shape index (κ1) is 17.9. The van der Waals surface area contributed by atoms with Gasteiger partial charge in [0.1, 0.15) is 6.54 Å². The number of benzene rings is 1. The Morgan fingerprint density at radius 2 is 2.04 bits per heavy atom. The van der Waals surface area contributed by atoms with Gasteiger partial charge in [0.2, 0.25) is 11.9 Å². The van der Waals surface area contributed by atoms with Gasteiger partial charge in [0.25, 0.3) is 0 Å². The van der Waals surface area contributed by atoms with Crippen LogP contribution in [0.15, 0.2) is 23.4 Å². The van der Waals surface area contributed by atoms with Crippen LogP contribution >= 0.6 is 11.8 Å². The number of methoxy groups -OCH3 is 2. The lowest BCUT2D eigenvalue weighted by Gasteiger charge is -2.11. The molecule has 2 aromatic rings. The van der Waals surface area contributed by atoms with Crippen LogP contribution in [0.25, 0.3) is 0 Å². The molecule has 0 fully saturated rings. The van der Waals surface area contributed by atoms with Gasteiger partial charge in [-0.15, -0.1) is 10.2 Å². The molecule has 1 heterocycles. The fraction of sp³-hybridized carbons (Fsp3) is 0.400. The van der Waals surface area contributed by atoms with Crippen LogP contribution in [0, 0.1) is 0 Å². The van der Waals surface area contributed by atoms with E-state index in [0.717, 1.165) is 5.56 Å². The number of anilines is 1. The van der Waals surface area contributed by atoms with Gasteiger partial charge in [-0.05, 0) is 30.4 Å². The van der Waals surface area contributed by atoms with Crippen LogP contribution in [-0.2, 0) is 17.8 Å². The number of thioether (sulfide) groups is 1. The van der Waals surface area contributed by atoms with E-state index in [9.17, 15) is 4.79 Å². The van der Waals surface area contributed by atoms with Crippen molar-refractivity contribution in [3.8, 4) is 11.5 Å². The lowest BCUT2D eigenvalue weighted by molar-refractivity contribution is -0.121. The number of rotatable bonds is 8. The molecule has 1 aromatic carbocycles. The van der Waals surface area contributed by atoms with Crippen molar-refractivity contribution in [3.05, 3.63) is 23.8 Å². The smallest absolute Gasteiger partial charge is 0.240 e. The zero-order valence-electron chi connectivity index (χ0n) is 13.9. The summed E-state index contributed by atoms with van der Waals surface area (Å²) in [5.74, 6) is 1.44. The van der Waals surface area contributed by atoms with E-state index < -0.39 is 0 Å². The number of carbonyl (C=O) groups is 1. The van der Waals surface area contributed by atoms with Crippen LogP contribution in [0.1, 0.15) is 5.56 Å². The molecular weight excluding hydrogens is 330 g/mol. The number of nitrogens with two attached hydrogens (primary N) is 1. The number of hydrogen-bond acceptors (Lipinski definition) is 7. The summed E-state index contributed by atoms with van der Waals surface area (Å²) in [5, 5.41) is 11.1. The molecule has 0 aliphatic carbocycles. The molecular formula is C15H21N5O3S. The maximum Gasteiger partial charge on any atom is 0.240 e. The fourth-order valence-corrected chi connectivity index (χ4v) is 2.68. The SMILES string of the molecule is COc1ccc(CCNC(=O)Cn2c(N)nnc2SC)cc1OC. The molecule has 0 radical (unpaired) electrons. The monoisotopic (exact) mass is 351 g/mol. The molecule has 24 heavy (non-hydrogen) atoms. The van der Waals surface area contributed by atoms with E-state index in [1.165, 1.54) is 11.8 Å². The van der Waals surface area contributed by atoms with Gasteiger partial charge in [0.15, 0.2) is 16.7 Å². The Labute approximate surface area is 144 Å². The average molecular weight is 351 g/mol. The maximum atomic E-state index is 12.0. The summed E-state index contributed by atoms with van der Waals surface area (Å²) in [7, 11) is 3.19. The number of aromatic nitrogens is 3. The Kier molecular flexibility index (Phi) is 6.30. The second kappa shape index (κ2) is 8.44. The molecule has 0 aliphatic rings. The number of amides is 1. The molecule has 0 aliphatic heterocycles. The molecule has 0 unspecified atom stereocenters. The molecule has 9 heteroatoms. The largest absolute Gasteiger partial charge is 0.493 e. The van der Waals surface area contributed by atoms with E-state index in [0.29, 0.717) is 29.6 Å². The van der Waals surface area contributed by atoms with Crippen molar-refractivity contribution in [1.82, 2.24) is 20.1 Å². The van der Waals surface area contributed by atoms with Gasteiger partial charge in [0, 0.05) is 6.54 Å². The predicted molar refractivity (Wildman–Crippen MR) is 92.5 cm³/mol. The Morgan fingerprint density at radius 3 is 2.71 bits per heavy atom. The normalized spacial score (nSPS) is 10.5. The molecule has 0 spiro atoms. The van der Waals surface area contributed by atoms with Crippen molar-refractivity contribution in [2.24, 2.45) is 0 Å². The lowest BCUT2D eigenvalue weighted by Crippen LogP contribution is -2.30. The molecule has 0 bridgehead atoms. The zero-order chi connectivity index (χ0) is 17.5. The fourth-order valence-electron chi connectivity index (χ4n) is 2.18. The van der Waals surface area contributed by atoms with Crippen LogP contribution in [0.4, 0.5) is 5.95 Å². The molecule has 0 atom stereocenters. The summed E-state index contributed by atoms with van der Waals surface area (Å²) in [4.78, 5) is 12.0. The summed E-state index contributed by atoms with van der Waals surface area (Å²) >= 11 is 1.39. The Bertz CT molecular complexity index is 704. The lowest BCUT2D eigenvalue weighted by atomic mass is 10.1. The minimum Gasteiger partial charge on any atom is -0.493 e. The molecule has 3 N–H and O–H groups in total. The van der Waals surface area contributed by atoms with Gasteiger partial charge in [-0.3, -0.25) is 9.36 Å². The van der Waals surface area contributed by atoms with Crippen LogP contribution < -0.4 is 20.5 Å². The molecule has 0 saturated heterocycles. The third-order valence-electron chi connectivity index (χ3n) is 3.41. The van der Waals surface area contributed by atoms with Crippen LogP contribution in [-0.4, -0.2) is 47.7 Å². The van der Waals surface area contributed by atoms with Crippen LogP contribution in [0.2, 0.25) is 0 Å². The summed E-state index contributed by atoms with van der Waals surface area (Å²) < 4.78 is 12.0. The molecule has 0 saturated carbocycles. The Hall–Kier alpha value is -2.42. The molecule has 1 aromatic heterocycles. The third kappa shape index (κ3) is 4.31. The molecule has 2 rings (SSSR count). The van der Waals surface area contributed by atoms with Gasteiger partial charge in [-0.1, -0.05) is 17.8 Å². The topological polar surface area (TPSA) is 104 Å². The number of nitrogens with zero attached hydrogens (tertiary/aromatic N) is 3. The summed E-state index contributed by atoms with van der Waals surface area (Å²) in [5.41, 5.74) is 6.76. The standard InChI is InChI=1S/C15H21N5O3S/c1-22-11-5-4-10(8-12(11)23-2)6-7-17-13(21)9-20-14(16)18-19-15(20)24-3/h4-5,8H,6-7,9H2,1-3H3,(H2,16,18)(H,17,21). The van der Waals surface area contributed by atoms with Gasteiger partial charge >= 0.3 is 0 Å². The maximum absolute atomic E-state index is 12.0. The Balaban J connectivity index is 1.87. The van der Waals surface area contributed by atoms with E-state index in [1.54, 1.807) is 18.8 Å². The zero-order valence-corrected chi connectivity index (χ0v) is 14.7. The quantitative estimate of drug-likeness (QED) is 0.683. The average Bonchev–Trinajstić information content (AvgIpc) is 2.94. The summed E-state index contributed by atoms with van der Waals surface area (Å²) in [6.07, 6.45) is 2.54. The van der Waals surface area contributed by atoms with E-state index in [1.807, 2.05) is 24.5 Å². The van der Waals surface area contributed by atoms with Gasteiger partial charge in [0.05, 0.1) is 14.2 Å². The highest BCUT2D eigenvalue weighted by Crippen LogP contribution is 2.27. The second-order valence-electron chi connectivity index (χ2n) is 4.92. The van der Waals surface area contributed by atoms with Gasteiger partial charge in [-0.2, -0.15) is 0 Å². The second-order valence-corrected chi connectivity index (χ2v) is 5.69. The summed E-state index contributed by atoms with van der Waals surface area (Å²) in [6, 6.07) is 5.68. The van der Waals surface area contributed by atoms with Gasteiger partial charge in [-0.25, -0.2) is 0 Å². The first-order chi connectivity index (χ1) is 11.6. The minimum atomic E-state index is -0.141. The number of ether oxygens (including phenoxy) is 2. The van der Waals surface area contributed by atoms with Crippen molar-refractivity contribution in [2.45, 2.75) is 18.1 Å². The highest BCUT2D eigenvalue weighted by molar-refractivity contribution is 7.98. The van der Waals surface area contributed by atoms with Crippen molar-refractivity contribution in [3.63, 3.8) is 0 Å². The van der Waals surface area contributed by atoms with Crippen molar-refractivity contribution < 1.29 is 14.3 Å². The van der Waals surface area contributed by atoms with Crippen LogP contribution in [0.5, 0.6) is 11.5 Å². The number of hydrogen-bond donors (Lipinski definition) is 2. The van der Waals surface area contributed by atoms with Crippen LogP contribution in [0.3, 0.4) is 0 Å². The van der Waals surface area contributed by atoms with Crippen molar-refractivity contribution in [2.75, 3.05) is 32.8 Å². The van der Waals surface area contributed by atoms with E-state index in [-0.39, 0.29) is 18.4 Å². The number of carbonyl (C=O) groups excluding carboxylic acids is 1. The minimum absolute atomic E-state index is 0.0982. The molecule has 1 amide bonds. The number of nitrogens with one attached hydrogen (secondary N) is 1. The summed E-state index contributed by atoms with van der Waals surface area (Å²) in [6.45, 7) is 0.603. The van der Waals surface area contributed by atoms with Crippen molar-refractivity contribution in [1.29, 1.82) is 0 Å². The Morgan fingerprint density at radius 1 is 1.29 bits per heavy atom. The molecule has 8 nitrogen and oxygen atoms in total. The van der Waals surface area contributed by atoms with Crippen molar-refractivity contribution >= 4 is 23.6 Å². The van der Waals surface area contributed by atoms with Gasteiger partial charge < -0.3 is 20.5 Å². The predicted octanol–water partition coefficient (Wildman–Crippen LogP) is 0.958. The highest BCUT2D eigenvalue weighted by Gasteiger charge is 2.12. The highest BCUT2D eigenvalue weighted by atomic mass is 32.2. The van der Waals surface area contributed by atoms with E-state index in [4.69, 9.17) is 15.2 Å². The number of nitrogen functional groups attached to an aromatic ring is 1. The first-order valence-electron chi connectivity index (χ1n) is 7.29. The third-order valence-corrected chi connectivity index (χ3v) is 4.08. The van der Waals surface area contributed by atoms with E-state index >= 15 is 0 Å². The first-order valence-corrected chi connectivity index (χ1v) is 8.51. The molecule has 130 valence electrons.